The number of nitrogens with two attached hydrogens (primary N) is 1. The number of nitrogen functional groups attached to an aromatic ring is 1. The molecule has 0 fully saturated rings. The van der Waals surface area contributed by atoms with Crippen LogP contribution < -0.4 is 10.5 Å². The van der Waals surface area contributed by atoms with Gasteiger partial charge in [0.1, 0.15) is 11.6 Å². The number of hydrogen-bond donors (Lipinski definition) is 1. The van der Waals surface area contributed by atoms with Crippen LogP contribution in [0.1, 0.15) is 19.4 Å². The highest BCUT2D eigenvalue weighted by Crippen LogP contribution is 2.19. The van der Waals surface area contributed by atoms with Crippen LogP contribution in [0.25, 0.3) is 0 Å². The molecule has 1 aromatic rings. The van der Waals surface area contributed by atoms with Crippen molar-refractivity contribution in [2.24, 2.45) is 0 Å². The summed E-state index contributed by atoms with van der Waals surface area (Å²) in [5.41, 5.74) is 6.40. The largest absolute Gasteiger partial charge is 0.496 e. The minimum atomic E-state index is 0.527. The first-order valence-corrected chi connectivity index (χ1v) is 4.00. The van der Waals surface area contributed by atoms with Crippen LogP contribution in [0.2, 0.25) is 0 Å². The number of pyridine rings is 1. The van der Waals surface area contributed by atoms with Gasteiger partial charge >= 0.3 is 0 Å². The molecule has 0 saturated carbocycles. The van der Waals surface area contributed by atoms with Crippen LogP contribution in [0.5, 0.6) is 5.75 Å². The van der Waals surface area contributed by atoms with Gasteiger partial charge in [0.15, 0.2) is 0 Å². The van der Waals surface area contributed by atoms with Gasteiger partial charge < -0.3 is 10.5 Å². The normalized spacial score (nSPS) is 8.33. The summed E-state index contributed by atoms with van der Waals surface area (Å²) < 4.78 is 5.01. The zero-order valence-electron chi connectivity index (χ0n) is 8.09. The van der Waals surface area contributed by atoms with Gasteiger partial charge in [0, 0.05) is 11.8 Å². The Hall–Kier alpha value is -1.25. The Balaban J connectivity index is 0.000000561. The molecule has 0 aromatic carbocycles. The fraction of sp³-hybridized carbons (Fsp3) is 0.444. The Labute approximate surface area is 73.6 Å². The van der Waals surface area contributed by atoms with Crippen LogP contribution in [0, 0.1) is 6.92 Å². The number of anilines is 1. The van der Waals surface area contributed by atoms with E-state index in [4.69, 9.17) is 10.5 Å². The lowest BCUT2D eigenvalue weighted by molar-refractivity contribution is 0.411. The molecule has 1 heterocycles. The van der Waals surface area contributed by atoms with Crippen molar-refractivity contribution in [2.45, 2.75) is 20.8 Å². The van der Waals surface area contributed by atoms with Crippen LogP contribution in [0.4, 0.5) is 5.82 Å². The van der Waals surface area contributed by atoms with Crippen molar-refractivity contribution in [1.29, 1.82) is 0 Å². The summed E-state index contributed by atoms with van der Waals surface area (Å²) in [6.07, 6.45) is 1.63. The molecular weight excluding hydrogens is 152 g/mol. The Morgan fingerprint density at radius 1 is 1.42 bits per heavy atom. The minimum absolute atomic E-state index is 0.527. The SMILES string of the molecule is CC.COc1ccnc(N)c1C. The van der Waals surface area contributed by atoms with E-state index in [1.807, 2.05) is 20.8 Å². The first kappa shape index (κ1) is 10.8. The topological polar surface area (TPSA) is 48.1 Å². The molecule has 0 amide bonds. The minimum Gasteiger partial charge on any atom is -0.496 e. The van der Waals surface area contributed by atoms with Gasteiger partial charge in [0.25, 0.3) is 0 Å². The Bertz CT molecular complexity index is 236. The average molecular weight is 168 g/mol. The van der Waals surface area contributed by atoms with Crippen molar-refractivity contribution in [2.75, 3.05) is 12.8 Å². The number of nitrogens with zero attached hydrogens (tertiary/aromatic N) is 1. The van der Waals surface area contributed by atoms with Crippen molar-refractivity contribution >= 4 is 5.82 Å². The van der Waals surface area contributed by atoms with Crippen LogP contribution in [0.3, 0.4) is 0 Å². The quantitative estimate of drug-likeness (QED) is 0.697. The second-order valence-electron chi connectivity index (χ2n) is 2.02. The molecule has 12 heavy (non-hydrogen) atoms. The van der Waals surface area contributed by atoms with Gasteiger partial charge in [0.2, 0.25) is 0 Å². The fourth-order valence-corrected chi connectivity index (χ4v) is 0.754. The summed E-state index contributed by atoms with van der Waals surface area (Å²) >= 11 is 0. The highest BCUT2D eigenvalue weighted by atomic mass is 16.5. The average Bonchev–Trinajstić information content (AvgIpc) is 2.13. The van der Waals surface area contributed by atoms with Crippen molar-refractivity contribution < 1.29 is 4.74 Å². The van der Waals surface area contributed by atoms with E-state index in [0.29, 0.717) is 5.82 Å². The predicted molar refractivity (Wildman–Crippen MR) is 51.3 cm³/mol. The van der Waals surface area contributed by atoms with Crippen LogP contribution in [-0.4, -0.2) is 12.1 Å². The molecule has 68 valence electrons. The lowest BCUT2D eigenvalue weighted by atomic mass is 10.3. The van der Waals surface area contributed by atoms with E-state index in [1.54, 1.807) is 19.4 Å². The zero-order chi connectivity index (χ0) is 9.56. The smallest absolute Gasteiger partial charge is 0.129 e. The van der Waals surface area contributed by atoms with Crippen LogP contribution in [-0.2, 0) is 0 Å². The van der Waals surface area contributed by atoms with E-state index in [0.717, 1.165) is 11.3 Å². The maximum Gasteiger partial charge on any atom is 0.129 e. The first-order chi connectivity index (χ1) is 5.75. The molecule has 0 unspecified atom stereocenters. The number of hydrogen-bond acceptors (Lipinski definition) is 3. The standard InChI is InChI=1S/C7H10N2O.C2H6/c1-5-6(10-2)3-4-9-7(5)8;1-2/h3-4H,1-2H3,(H2,8,9);1-2H3. The summed E-state index contributed by atoms with van der Waals surface area (Å²) in [4.78, 5) is 3.89. The third-order valence-electron chi connectivity index (χ3n) is 1.41. The van der Waals surface area contributed by atoms with E-state index in [9.17, 15) is 0 Å². The molecule has 0 aliphatic rings. The van der Waals surface area contributed by atoms with Gasteiger partial charge in [-0.25, -0.2) is 4.98 Å². The maximum atomic E-state index is 5.51. The van der Waals surface area contributed by atoms with Gasteiger partial charge in [-0.3, -0.25) is 0 Å². The van der Waals surface area contributed by atoms with E-state index in [-0.39, 0.29) is 0 Å². The molecule has 0 saturated heterocycles. The molecule has 0 aliphatic heterocycles. The summed E-state index contributed by atoms with van der Waals surface area (Å²) in [6, 6.07) is 1.78. The maximum absolute atomic E-state index is 5.51. The molecule has 1 rings (SSSR count). The summed E-state index contributed by atoms with van der Waals surface area (Å²) in [5.74, 6) is 1.31. The summed E-state index contributed by atoms with van der Waals surface area (Å²) in [5, 5.41) is 0. The number of aromatic nitrogens is 1. The lowest BCUT2D eigenvalue weighted by Gasteiger charge is -2.04. The Morgan fingerprint density at radius 2 is 2.00 bits per heavy atom. The highest BCUT2D eigenvalue weighted by molar-refractivity contribution is 5.46. The number of rotatable bonds is 1. The molecule has 2 N–H and O–H groups in total. The van der Waals surface area contributed by atoms with Crippen molar-refractivity contribution in [3.05, 3.63) is 17.8 Å². The van der Waals surface area contributed by atoms with Crippen molar-refractivity contribution in [3.8, 4) is 5.75 Å². The molecule has 0 radical (unpaired) electrons. The van der Waals surface area contributed by atoms with E-state index < -0.39 is 0 Å². The molecule has 0 spiro atoms. The van der Waals surface area contributed by atoms with Crippen LogP contribution >= 0.6 is 0 Å². The van der Waals surface area contributed by atoms with E-state index in [2.05, 4.69) is 4.98 Å². The van der Waals surface area contributed by atoms with Gasteiger partial charge in [-0.05, 0) is 13.0 Å². The molecule has 3 nitrogen and oxygen atoms in total. The second-order valence-corrected chi connectivity index (χ2v) is 2.02. The van der Waals surface area contributed by atoms with Gasteiger partial charge in [-0.1, -0.05) is 13.8 Å². The first-order valence-electron chi connectivity index (χ1n) is 4.00. The van der Waals surface area contributed by atoms with Crippen LogP contribution in [0.15, 0.2) is 12.3 Å². The second kappa shape index (κ2) is 5.41. The molecule has 0 bridgehead atoms. The molecule has 0 aliphatic carbocycles. The molecule has 1 aromatic heterocycles. The van der Waals surface area contributed by atoms with Gasteiger partial charge in [-0.15, -0.1) is 0 Å². The number of ether oxygens (including phenoxy) is 1. The fourth-order valence-electron chi connectivity index (χ4n) is 0.754. The third kappa shape index (κ3) is 2.42. The van der Waals surface area contributed by atoms with E-state index >= 15 is 0 Å². The van der Waals surface area contributed by atoms with Gasteiger partial charge in [-0.2, -0.15) is 0 Å². The molecular formula is C9H16N2O. The van der Waals surface area contributed by atoms with Gasteiger partial charge in [0.05, 0.1) is 7.11 Å². The molecule has 3 heteroatoms. The van der Waals surface area contributed by atoms with Crippen molar-refractivity contribution in [1.82, 2.24) is 4.98 Å². The Morgan fingerprint density at radius 3 is 2.42 bits per heavy atom. The van der Waals surface area contributed by atoms with Crippen molar-refractivity contribution in [3.63, 3.8) is 0 Å². The monoisotopic (exact) mass is 168 g/mol. The lowest BCUT2D eigenvalue weighted by Crippen LogP contribution is -1.95. The summed E-state index contributed by atoms with van der Waals surface area (Å²) in [7, 11) is 1.61. The molecule has 0 atom stereocenters. The highest BCUT2D eigenvalue weighted by Gasteiger charge is 1.99. The predicted octanol–water partition coefficient (Wildman–Crippen LogP) is 2.01. The Kier molecular flexibility index (Phi) is 4.84. The van der Waals surface area contributed by atoms with E-state index in [1.165, 1.54) is 0 Å². The summed E-state index contributed by atoms with van der Waals surface area (Å²) in [6.45, 7) is 5.88. The third-order valence-corrected chi connectivity index (χ3v) is 1.41. The zero-order valence-corrected chi connectivity index (χ0v) is 8.09. The number of methoxy groups -OCH3 is 1.